The number of carbonyl (C=O) groups is 2. The second-order valence-corrected chi connectivity index (χ2v) is 6.31. The molecule has 2 N–H and O–H groups in total. The van der Waals surface area contributed by atoms with Crippen molar-refractivity contribution in [2.75, 3.05) is 5.32 Å². The summed E-state index contributed by atoms with van der Waals surface area (Å²) < 4.78 is 0. The molecule has 6 heteroatoms. The van der Waals surface area contributed by atoms with Gasteiger partial charge in [0.05, 0.1) is 5.71 Å². The number of hydrogen-bond acceptors (Lipinski definition) is 3. The quantitative estimate of drug-likeness (QED) is 0.550. The van der Waals surface area contributed by atoms with Crippen molar-refractivity contribution in [1.82, 2.24) is 5.43 Å². The summed E-state index contributed by atoms with van der Waals surface area (Å²) in [5.74, 6) is -0.291. The number of nitrogens with zero attached hydrogens (tertiary/aromatic N) is 1. The minimum absolute atomic E-state index is 0.0851. The van der Waals surface area contributed by atoms with Crippen LogP contribution in [0.15, 0.2) is 53.6 Å². The molecule has 0 atom stereocenters. The number of nitrogens with one attached hydrogen (secondary N) is 2. The van der Waals surface area contributed by atoms with Crippen LogP contribution in [0.3, 0.4) is 0 Å². The molecule has 2 aromatic carbocycles. The summed E-state index contributed by atoms with van der Waals surface area (Å²) in [4.78, 5) is 23.8. The maximum Gasteiger partial charge on any atom is 0.255 e. The first-order valence-electron chi connectivity index (χ1n) is 8.50. The zero-order chi connectivity index (χ0) is 18.9. The molecule has 0 aromatic heterocycles. The lowest BCUT2D eigenvalue weighted by atomic mass is 10.1. The molecule has 26 heavy (non-hydrogen) atoms. The Morgan fingerprint density at radius 3 is 2.23 bits per heavy atom. The lowest BCUT2D eigenvalue weighted by Gasteiger charge is -2.07. The molecule has 0 saturated carbocycles. The second kappa shape index (κ2) is 9.73. The predicted molar refractivity (Wildman–Crippen MR) is 106 cm³/mol. The number of hydrazone groups is 1. The van der Waals surface area contributed by atoms with Crippen molar-refractivity contribution < 1.29 is 9.59 Å². The van der Waals surface area contributed by atoms with Gasteiger partial charge in [0.2, 0.25) is 5.91 Å². The average Bonchev–Trinajstić information content (AvgIpc) is 2.65. The van der Waals surface area contributed by atoms with Crippen LogP contribution in [0.25, 0.3) is 0 Å². The van der Waals surface area contributed by atoms with Crippen LogP contribution < -0.4 is 10.7 Å². The Labute approximate surface area is 158 Å². The molecular weight excluding hydrogens is 350 g/mol. The minimum Gasteiger partial charge on any atom is -0.322 e. The molecule has 136 valence electrons. The van der Waals surface area contributed by atoms with Crippen molar-refractivity contribution in [3.8, 4) is 0 Å². The maximum atomic E-state index is 12.2. The summed E-state index contributed by atoms with van der Waals surface area (Å²) in [6, 6.07) is 14.0. The fraction of sp³-hybridized carbons (Fsp3) is 0.250. The van der Waals surface area contributed by atoms with E-state index >= 15 is 0 Å². The van der Waals surface area contributed by atoms with Crippen LogP contribution in [-0.2, 0) is 4.79 Å². The lowest BCUT2D eigenvalue weighted by Crippen LogP contribution is -2.18. The van der Waals surface area contributed by atoms with Crippen molar-refractivity contribution in [2.45, 2.75) is 33.1 Å². The molecule has 0 saturated heterocycles. The van der Waals surface area contributed by atoms with Gasteiger partial charge in [0.25, 0.3) is 5.91 Å². The molecule has 5 nitrogen and oxygen atoms in total. The number of halogens is 1. The van der Waals surface area contributed by atoms with Crippen molar-refractivity contribution in [1.29, 1.82) is 0 Å². The van der Waals surface area contributed by atoms with Gasteiger partial charge >= 0.3 is 0 Å². The first-order valence-corrected chi connectivity index (χ1v) is 8.88. The van der Waals surface area contributed by atoms with E-state index < -0.39 is 0 Å². The second-order valence-electron chi connectivity index (χ2n) is 5.87. The van der Waals surface area contributed by atoms with Gasteiger partial charge in [-0.25, -0.2) is 5.43 Å². The molecule has 2 aromatic rings. The summed E-state index contributed by atoms with van der Waals surface area (Å²) >= 11 is 5.82. The highest BCUT2D eigenvalue weighted by molar-refractivity contribution is 6.30. The molecule has 0 bridgehead atoms. The monoisotopic (exact) mass is 371 g/mol. The summed E-state index contributed by atoms with van der Waals surface area (Å²) in [7, 11) is 0. The zero-order valence-electron chi connectivity index (χ0n) is 14.9. The van der Waals surface area contributed by atoms with Gasteiger partial charge in [0.1, 0.15) is 0 Å². The Morgan fingerprint density at radius 1 is 1.00 bits per heavy atom. The molecule has 2 rings (SSSR count). The predicted octanol–water partition coefficient (Wildman–Crippen LogP) is 4.62. The molecule has 0 spiro atoms. The van der Waals surface area contributed by atoms with Crippen LogP contribution in [0.4, 0.5) is 5.69 Å². The largest absolute Gasteiger partial charge is 0.322 e. The van der Waals surface area contributed by atoms with Crippen molar-refractivity contribution >= 4 is 34.8 Å². The fourth-order valence-corrected chi connectivity index (χ4v) is 2.33. The van der Waals surface area contributed by atoms with Crippen molar-refractivity contribution in [2.24, 2.45) is 5.10 Å². The SMILES string of the molecule is CCCCC(=O)NN=C(C)c1ccc(NC(=O)c2ccc(Cl)cc2)cc1. The Balaban J connectivity index is 1.95. The third-order valence-corrected chi connectivity index (χ3v) is 4.02. The number of carbonyl (C=O) groups excluding carboxylic acids is 2. The Morgan fingerprint density at radius 2 is 1.62 bits per heavy atom. The molecule has 0 heterocycles. The first-order chi connectivity index (χ1) is 12.5. The number of anilines is 1. The Kier molecular flexibility index (Phi) is 7.36. The number of hydrogen-bond donors (Lipinski definition) is 2. The average molecular weight is 372 g/mol. The van der Waals surface area contributed by atoms with Gasteiger partial charge in [0.15, 0.2) is 0 Å². The van der Waals surface area contributed by atoms with Crippen molar-refractivity contribution in [3.63, 3.8) is 0 Å². The number of amides is 2. The van der Waals surface area contributed by atoms with E-state index in [4.69, 9.17) is 11.6 Å². The number of rotatable bonds is 7. The third-order valence-electron chi connectivity index (χ3n) is 3.77. The highest BCUT2D eigenvalue weighted by atomic mass is 35.5. The molecule has 0 fully saturated rings. The Bertz CT molecular complexity index is 784. The summed E-state index contributed by atoms with van der Waals surface area (Å²) in [5.41, 5.74) is 5.33. The molecule has 0 aliphatic rings. The zero-order valence-corrected chi connectivity index (χ0v) is 15.6. The van der Waals surface area contributed by atoms with E-state index in [0.717, 1.165) is 18.4 Å². The molecule has 0 aliphatic heterocycles. The van der Waals surface area contributed by atoms with E-state index in [1.165, 1.54) is 0 Å². The van der Waals surface area contributed by atoms with Gasteiger partial charge in [-0.2, -0.15) is 5.10 Å². The molecule has 0 radical (unpaired) electrons. The summed E-state index contributed by atoms with van der Waals surface area (Å²) in [5, 5.41) is 7.52. The summed E-state index contributed by atoms with van der Waals surface area (Å²) in [6.07, 6.45) is 2.30. The van der Waals surface area contributed by atoms with Crippen LogP contribution in [-0.4, -0.2) is 17.5 Å². The van der Waals surface area contributed by atoms with Gasteiger partial charge in [-0.15, -0.1) is 0 Å². The van der Waals surface area contributed by atoms with Crippen molar-refractivity contribution in [3.05, 3.63) is 64.7 Å². The van der Waals surface area contributed by atoms with E-state index in [-0.39, 0.29) is 11.8 Å². The third kappa shape index (κ3) is 6.01. The normalized spacial score (nSPS) is 11.1. The van der Waals surface area contributed by atoms with Gasteiger partial charge in [-0.05, 0) is 55.3 Å². The number of unbranched alkanes of at least 4 members (excludes halogenated alkanes) is 1. The van der Waals surface area contributed by atoms with E-state index in [0.29, 0.717) is 28.4 Å². The van der Waals surface area contributed by atoms with E-state index in [1.807, 2.05) is 26.0 Å². The maximum absolute atomic E-state index is 12.2. The minimum atomic E-state index is -0.206. The van der Waals surface area contributed by atoms with Crippen LogP contribution in [0, 0.1) is 0 Å². The smallest absolute Gasteiger partial charge is 0.255 e. The highest BCUT2D eigenvalue weighted by Crippen LogP contribution is 2.14. The summed E-state index contributed by atoms with van der Waals surface area (Å²) in [6.45, 7) is 3.86. The first kappa shape index (κ1) is 19.7. The fourth-order valence-electron chi connectivity index (χ4n) is 2.20. The van der Waals surface area contributed by atoms with Gasteiger partial charge in [-0.3, -0.25) is 9.59 Å². The van der Waals surface area contributed by atoms with E-state index in [9.17, 15) is 9.59 Å². The van der Waals surface area contributed by atoms with Crippen LogP contribution in [0.1, 0.15) is 49.0 Å². The van der Waals surface area contributed by atoms with E-state index in [2.05, 4.69) is 15.8 Å². The topological polar surface area (TPSA) is 70.6 Å². The highest BCUT2D eigenvalue weighted by Gasteiger charge is 2.06. The molecular formula is C20H22ClN3O2. The number of benzene rings is 2. The molecule has 2 amide bonds. The lowest BCUT2D eigenvalue weighted by molar-refractivity contribution is -0.121. The van der Waals surface area contributed by atoms with Crippen LogP contribution in [0.5, 0.6) is 0 Å². The Hall–Kier alpha value is -2.66. The van der Waals surface area contributed by atoms with Gasteiger partial charge in [0, 0.05) is 22.7 Å². The van der Waals surface area contributed by atoms with Gasteiger partial charge in [-0.1, -0.05) is 37.1 Å². The van der Waals surface area contributed by atoms with Crippen LogP contribution >= 0.6 is 11.6 Å². The molecule has 0 aliphatic carbocycles. The van der Waals surface area contributed by atoms with E-state index in [1.54, 1.807) is 36.4 Å². The standard InChI is InChI=1S/C20H22ClN3O2/c1-3-4-5-19(25)24-23-14(2)15-8-12-18(13-9-15)22-20(26)16-6-10-17(21)11-7-16/h6-13H,3-5H2,1-2H3,(H,22,26)(H,24,25). The molecule has 0 unspecified atom stereocenters. The van der Waals surface area contributed by atoms with Gasteiger partial charge < -0.3 is 5.32 Å². The van der Waals surface area contributed by atoms with Crippen LogP contribution in [0.2, 0.25) is 5.02 Å².